The molecule has 0 aromatic heterocycles. The number of aliphatic hydroxyl groups is 2. The highest BCUT2D eigenvalue weighted by molar-refractivity contribution is 4.70. The first-order valence-electron chi connectivity index (χ1n) is 7.63. The zero-order valence-electron chi connectivity index (χ0n) is 13.9. The molecule has 2 N–H and O–H groups in total. The van der Waals surface area contributed by atoms with Gasteiger partial charge in [0.25, 0.3) is 0 Å². The van der Waals surface area contributed by atoms with Gasteiger partial charge in [0.15, 0.2) is 0 Å². The molecule has 0 rings (SSSR count). The van der Waals surface area contributed by atoms with Gasteiger partial charge in [0.05, 0.1) is 19.3 Å². The van der Waals surface area contributed by atoms with E-state index in [2.05, 4.69) is 13.8 Å². The summed E-state index contributed by atoms with van der Waals surface area (Å²) in [6.45, 7) is 12.5. The van der Waals surface area contributed by atoms with Crippen LogP contribution in [-0.4, -0.2) is 49.4 Å². The van der Waals surface area contributed by atoms with Crippen molar-refractivity contribution in [1.29, 1.82) is 0 Å². The molecule has 122 valence electrons. The molecule has 0 saturated heterocycles. The van der Waals surface area contributed by atoms with Crippen molar-refractivity contribution in [1.82, 2.24) is 0 Å². The molecule has 0 fully saturated rings. The van der Waals surface area contributed by atoms with Crippen LogP contribution >= 0.6 is 0 Å². The van der Waals surface area contributed by atoms with E-state index in [0.717, 1.165) is 19.3 Å². The average molecular weight is 290 g/mol. The lowest BCUT2D eigenvalue weighted by molar-refractivity contribution is -0.0140. The van der Waals surface area contributed by atoms with Gasteiger partial charge in [-0.2, -0.15) is 0 Å². The number of hydrogen-bond acceptors (Lipinski definition) is 4. The fourth-order valence-corrected chi connectivity index (χ4v) is 2.04. The molecular weight excluding hydrogens is 256 g/mol. The van der Waals surface area contributed by atoms with E-state index >= 15 is 0 Å². The Hall–Kier alpha value is -0.160. The molecule has 0 saturated carbocycles. The lowest BCUT2D eigenvalue weighted by Gasteiger charge is -2.25. The molecule has 0 heterocycles. The molecule has 0 radical (unpaired) electrons. The third-order valence-electron chi connectivity index (χ3n) is 3.47. The quantitative estimate of drug-likeness (QED) is 0.542. The number of hydrogen-bond donors (Lipinski definition) is 2. The van der Waals surface area contributed by atoms with E-state index in [1.54, 1.807) is 0 Å². The Kier molecular flexibility index (Phi) is 9.64. The summed E-state index contributed by atoms with van der Waals surface area (Å²) in [5, 5.41) is 18.3. The van der Waals surface area contributed by atoms with Crippen molar-refractivity contribution < 1.29 is 19.7 Å². The van der Waals surface area contributed by atoms with Crippen LogP contribution in [0.4, 0.5) is 0 Å². The number of rotatable bonds is 12. The van der Waals surface area contributed by atoms with Crippen LogP contribution in [0.1, 0.15) is 53.9 Å². The maximum atomic E-state index is 9.20. The van der Waals surface area contributed by atoms with E-state index in [1.165, 1.54) is 0 Å². The highest BCUT2D eigenvalue weighted by Gasteiger charge is 2.20. The smallest absolute Gasteiger partial charge is 0.0704 e. The maximum Gasteiger partial charge on any atom is 0.0704 e. The monoisotopic (exact) mass is 290 g/mol. The third-order valence-corrected chi connectivity index (χ3v) is 3.47. The van der Waals surface area contributed by atoms with Crippen molar-refractivity contribution >= 4 is 0 Å². The van der Waals surface area contributed by atoms with E-state index in [4.69, 9.17) is 14.6 Å². The van der Waals surface area contributed by atoms with Crippen LogP contribution in [0.2, 0.25) is 0 Å². The van der Waals surface area contributed by atoms with E-state index in [-0.39, 0.29) is 30.1 Å². The third kappa shape index (κ3) is 10.6. The summed E-state index contributed by atoms with van der Waals surface area (Å²) >= 11 is 0. The van der Waals surface area contributed by atoms with Crippen molar-refractivity contribution in [3.8, 4) is 0 Å². The molecule has 1 unspecified atom stereocenters. The molecule has 0 spiro atoms. The second-order valence-electron chi connectivity index (χ2n) is 7.25. The van der Waals surface area contributed by atoms with Crippen molar-refractivity contribution in [2.45, 2.75) is 60.0 Å². The Morgan fingerprint density at radius 2 is 1.50 bits per heavy atom. The molecule has 0 amide bonds. The first-order chi connectivity index (χ1) is 9.22. The van der Waals surface area contributed by atoms with E-state index in [0.29, 0.717) is 19.8 Å². The van der Waals surface area contributed by atoms with Gasteiger partial charge in [-0.15, -0.1) is 0 Å². The van der Waals surface area contributed by atoms with Gasteiger partial charge in [-0.25, -0.2) is 0 Å². The van der Waals surface area contributed by atoms with Gasteiger partial charge in [0.2, 0.25) is 0 Å². The summed E-state index contributed by atoms with van der Waals surface area (Å²) in [7, 11) is 0. The topological polar surface area (TPSA) is 58.9 Å². The molecule has 0 aliphatic rings. The Bertz CT molecular complexity index is 239. The van der Waals surface area contributed by atoms with Crippen LogP contribution in [0.15, 0.2) is 0 Å². The molecule has 4 nitrogen and oxygen atoms in total. The highest BCUT2D eigenvalue weighted by Crippen LogP contribution is 2.22. The summed E-state index contributed by atoms with van der Waals surface area (Å²) in [6.07, 6.45) is 2.90. The van der Waals surface area contributed by atoms with Crippen molar-refractivity contribution in [3.63, 3.8) is 0 Å². The Morgan fingerprint density at radius 1 is 0.900 bits per heavy atom. The lowest BCUT2D eigenvalue weighted by Crippen LogP contribution is -2.25. The van der Waals surface area contributed by atoms with Crippen molar-refractivity contribution in [3.05, 3.63) is 0 Å². The van der Waals surface area contributed by atoms with E-state index < -0.39 is 0 Å². The first kappa shape index (κ1) is 19.8. The lowest BCUT2D eigenvalue weighted by atomic mass is 9.88. The van der Waals surface area contributed by atoms with Gasteiger partial charge >= 0.3 is 0 Å². The average Bonchev–Trinajstić information content (AvgIpc) is 2.37. The largest absolute Gasteiger partial charge is 0.396 e. The molecule has 0 bridgehead atoms. The SMILES string of the molecule is CC(CC(C)(C)CO)OCCOCCCC(C)(C)CO. The van der Waals surface area contributed by atoms with Gasteiger partial charge in [-0.05, 0) is 37.0 Å². The Morgan fingerprint density at radius 3 is 2.05 bits per heavy atom. The summed E-state index contributed by atoms with van der Waals surface area (Å²) in [6, 6.07) is 0. The van der Waals surface area contributed by atoms with Crippen molar-refractivity contribution in [2.24, 2.45) is 10.8 Å². The van der Waals surface area contributed by atoms with Crippen LogP contribution in [0, 0.1) is 10.8 Å². The molecular formula is C16H34O4. The van der Waals surface area contributed by atoms with E-state index in [9.17, 15) is 5.11 Å². The maximum absolute atomic E-state index is 9.20. The normalized spacial score (nSPS) is 14.6. The number of aliphatic hydroxyl groups excluding tert-OH is 2. The summed E-state index contributed by atoms with van der Waals surface area (Å²) in [5.41, 5.74) is -0.0968. The van der Waals surface area contributed by atoms with Crippen LogP contribution < -0.4 is 0 Å². The van der Waals surface area contributed by atoms with Gasteiger partial charge < -0.3 is 19.7 Å². The van der Waals surface area contributed by atoms with Gasteiger partial charge in [0.1, 0.15) is 0 Å². The minimum Gasteiger partial charge on any atom is -0.396 e. The van der Waals surface area contributed by atoms with Gasteiger partial charge in [-0.1, -0.05) is 27.7 Å². The fraction of sp³-hybridized carbons (Fsp3) is 1.00. The summed E-state index contributed by atoms with van der Waals surface area (Å²) < 4.78 is 11.2. The second kappa shape index (κ2) is 9.72. The van der Waals surface area contributed by atoms with Gasteiger partial charge in [-0.3, -0.25) is 0 Å². The molecule has 20 heavy (non-hydrogen) atoms. The molecule has 4 heteroatoms. The predicted octanol–water partition coefficient (Wildman–Crippen LogP) is 2.62. The fourth-order valence-electron chi connectivity index (χ4n) is 2.04. The van der Waals surface area contributed by atoms with Crippen molar-refractivity contribution in [2.75, 3.05) is 33.0 Å². The number of ether oxygens (including phenoxy) is 2. The summed E-state index contributed by atoms with van der Waals surface area (Å²) in [5.74, 6) is 0. The molecule has 0 aliphatic heterocycles. The first-order valence-corrected chi connectivity index (χ1v) is 7.63. The van der Waals surface area contributed by atoms with Crippen LogP contribution in [0.5, 0.6) is 0 Å². The van der Waals surface area contributed by atoms with Crippen LogP contribution in [0.3, 0.4) is 0 Å². The molecule has 0 aliphatic carbocycles. The molecule has 1 atom stereocenters. The summed E-state index contributed by atoms with van der Waals surface area (Å²) in [4.78, 5) is 0. The molecule has 0 aromatic rings. The second-order valence-corrected chi connectivity index (χ2v) is 7.25. The minimum atomic E-state index is -0.0872. The minimum absolute atomic E-state index is 0.00967. The van der Waals surface area contributed by atoms with Crippen LogP contribution in [0.25, 0.3) is 0 Å². The highest BCUT2D eigenvalue weighted by atomic mass is 16.5. The van der Waals surface area contributed by atoms with Gasteiger partial charge in [0, 0.05) is 19.8 Å². The van der Waals surface area contributed by atoms with E-state index in [1.807, 2.05) is 20.8 Å². The zero-order chi connectivity index (χ0) is 15.6. The zero-order valence-corrected chi connectivity index (χ0v) is 13.9. The van der Waals surface area contributed by atoms with Crippen LogP contribution in [-0.2, 0) is 9.47 Å². The Balaban J connectivity index is 3.49. The molecule has 0 aromatic carbocycles. The Labute approximate surface area is 124 Å². The predicted molar refractivity (Wildman–Crippen MR) is 81.8 cm³/mol. The standard InChI is InChI=1S/C16H34O4/c1-14(11-16(4,5)13-18)20-10-9-19-8-6-7-15(2,3)12-17/h14,17-18H,6-13H2,1-5H3.